The molecule has 0 saturated carbocycles. The molecule has 1 fully saturated rings. The number of nitrogens with zero attached hydrogens (tertiary/aromatic N) is 2. The summed E-state index contributed by atoms with van der Waals surface area (Å²) in [5.41, 5.74) is 1.07. The Kier molecular flexibility index (Phi) is 2.93. The third-order valence-corrected chi connectivity index (χ3v) is 3.89. The van der Waals surface area contributed by atoms with Crippen LogP contribution in [0.2, 0.25) is 0 Å². The molecule has 0 aromatic carbocycles. The number of carbonyl (C=O) groups is 1. The highest BCUT2D eigenvalue weighted by molar-refractivity contribution is 8.18. The zero-order valence-electron chi connectivity index (χ0n) is 8.43. The summed E-state index contributed by atoms with van der Waals surface area (Å²) in [5.74, 6) is 0.0202. The summed E-state index contributed by atoms with van der Waals surface area (Å²) < 4.78 is 0. The smallest absolute Gasteiger partial charge is 0.266 e. The molecule has 1 saturated heterocycles. The summed E-state index contributed by atoms with van der Waals surface area (Å²) in [7, 11) is 3.44. The van der Waals surface area contributed by atoms with Gasteiger partial charge in [0.15, 0.2) is 5.17 Å². The van der Waals surface area contributed by atoms with Gasteiger partial charge in [-0.2, -0.15) is 11.3 Å². The lowest BCUT2D eigenvalue weighted by molar-refractivity contribution is -0.121. The maximum Gasteiger partial charge on any atom is 0.266 e. The van der Waals surface area contributed by atoms with Crippen molar-refractivity contribution in [2.75, 3.05) is 14.1 Å². The van der Waals surface area contributed by atoms with E-state index in [4.69, 9.17) is 0 Å². The molecule has 0 aliphatic carbocycles. The second-order valence-electron chi connectivity index (χ2n) is 3.04. The van der Waals surface area contributed by atoms with Crippen LogP contribution in [0.25, 0.3) is 6.08 Å². The van der Waals surface area contributed by atoms with E-state index in [2.05, 4.69) is 4.99 Å². The van der Waals surface area contributed by atoms with E-state index in [0.29, 0.717) is 0 Å². The highest BCUT2D eigenvalue weighted by atomic mass is 32.2. The highest BCUT2D eigenvalue weighted by Crippen LogP contribution is 2.31. The summed E-state index contributed by atoms with van der Waals surface area (Å²) in [6, 6.07) is 1.99. The van der Waals surface area contributed by atoms with Gasteiger partial charge in [0.05, 0.1) is 4.91 Å². The molecular weight excluding hydrogens is 228 g/mol. The van der Waals surface area contributed by atoms with Crippen LogP contribution in [0, 0.1) is 0 Å². The van der Waals surface area contributed by atoms with Gasteiger partial charge in [-0.25, -0.2) is 0 Å². The van der Waals surface area contributed by atoms with Gasteiger partial charge >= 0.3 is 0 Å². The number of amidine groups is 1. The highest BCUT2D eigenvalue weighted by Gasteiger charge is 2.29. The molecule has 1 amide bonds. The summed E-state index contributed by atoms with van der Waals surface area (Å²) in [6.07, 6.45) is 1.90. The van der Waals surface area contributed by atoms with Crippen molar-refractivity contribution in [2.24, 2.45) is 4.99 Å². The number of thioether (sulfide) groups is 1. The van der Waals surface area contributed by atoms with Gasteiger partial charge in [0.25, 0.3) is 5.91 Å². The van der Waals surface area contributed by atoms with E-state index in [0.717, 1.165) is 15.6 Å². The van der Waals surface area contributed by atoms with Gasteiger partial charge < -0.3 is 0 Å². The number of aliphatic imine (C=N–C) groups is 1. The van der Waals surface area contributed by atoms with E-state index in [9.17, 15) is 4.79 Å². The third kappa shape index (κ3) is 1.98. The minimum atomic E-state index is 0.0202. The normalized spacial score (nSPS) is 22.0. The van der Waals surface area contributed by atoms with Crippen LogP contribution >= 0.6 is 23.1 Å². The predicted octanol–water partition coefficient (Wildman–Crippen LogP) is 2.28. The zero-order chi connectivity index (χ0) is 10.8. The Morgan fingerprint density at radius 3 is 2.87 bits per heavy atom. The molecule has 2 rings (SSSR count). The number of rotatable bonds is 1. The maximum atomic E-state index is 11.8. The van der Waals surface area contributed by atoms with Crippen molar-refractivity contribution in [2.45, 2.75) is 0 Å². The monoisotopic (exact) mass is 238 g/mol. The summed E-state index contributed by atoms with van der Waals surface area (Å²) in [4.78, 5) is 18.1. The van der Waals surface area contributed by atoms with Crippen molar-refractivity contribution in [1.82, 2.24) is 4.90 Å². The summed E-state index contributed by atoms with van der Waals surface area (Å²) in [6.45, 7) is 0. The number of hydrogen-bond acceptors (Lipinski definition) is 4. The third-order valence-electron chi connectivity index (χ3n) is 2.04. The van der Waals surface area contributed by atoms with E-state index in [1.807, 2.05) is 22.9 Å². The van der Waals surface area contributed by atoms with Crippen molar-refractivity contribution in [3.05, 3.63) is 27.3 Å². The van der Waals surface area contributed by atoms with Crippen LogP contribution in [0.3, 0.4) is 0 Å². The molecular formula is C10H10N2OS2. The van der Waals surface area contributed by atoms with Gasteiger partial charge in [-0.05, 0) is 40.2 Å². The van der Waals surface area contributed by atoms with Crippen LogP contribution in [0.1, 0.15) is 5.56 Å². The van der Waals surface area contributed by atoms with E-state index >= 15 is 0 Å². The molecule has 5 heteroatoms. The van der Waals surface area contributed by atoms with Crippen molar-refractivity contribution in [3.63, 3.8) is 0 Å². The van der Waals surface area contributed by atoms with E-state index in [-0.39, 0.29) is 5.91 Å². The van der Waals surface area contributed by atoms with Gasteiger partial charge in [-0.1, -0.05) is 0 Å². The van der Waals surface area contributed by atoms with Gasteiger partial charge in [0, 0.05) is 14.1 Å². The second kappa shape index (κ2) is 4.20. The lowest BCUT2D eigenvalue weighted by Gasteiger charge is -2.04. The Morgan fingerprint density at radius 1 is 1.53 bits per heavy atom. The second-order valence-corrected chi connectivity index (χ2v) is 4.83. The van der Waals surface area contributed by atoms with Crippen molar-refractivity contribution in [1.29, 1.82) is 0 Å². The molecule has 1 aromatic rings. The van der Waals surface area contributed by atoms with Crippen LogP contribution in [0.5, 0.6) is 0 Å². The standard InChI is InChI=1S/C10H10N2OS2/c1-11-10-12(2)9(13)8(15-10)5-7-3-4-14-6-7/h3-6H,1-2H3/b8-5+,11-10?. The van der Waals surface area contributed by atoms with Crippen molar-refractivity contribution in [3.8, 4) is 0 Å². The molecule has 0 unspecified atom stereocenters. The Hall–Kier alpha value is -1.07. The number of hydrogen-bond donors (Lipinski definition) is 0. The molecule has 0 N–H and O–H groups in total. The summed E-state index contributed by atoms with van der Waals surface area (Å²) in [5, 5.41) is 4.76. The lowest BCUT2D eigenvalue weighted by Crippen LogP contribution is -2.23. The molecule has 1 aromatic heterocycles. The first-order chi connectivity index (χ1) is 7.22. The van der Waals surface area contributed by atoms with Crippen LogP contribution in [0.15, 0.2) is 26.7 Å². The lowest BCUT2D eigenvalue weighted by atomic mass is 10.3. The van der Waals surface area contributed by atoms with Crippen LogP contribution < -0.4 is 0 Å². The number of thiophene rings is 1. The predicted molar refractivity (Wildman–Crippen MR) is 66.0 cm³/mol. The van der Waals surface area contributed by atoms with Gasteiger partial charge in [0.2, 0.25) is 0 Å². The number of amides is 1. The fourth-order valence-corrected chi connectivity index (χ4v) is 2.80. The minimum absolute atomic E-state index is 0.0202. The maximum absolute atomic E-state index is 11.8. The average Bonchev–Trinajstić information content (AvgIpc) is 2.82. The number of likely N-dealkylation sites (N-methyl/N-ethyl adjacent to an activating group) is 1. The molecule has 15 heavy (non-hydrogen) atoms. The molecule has 0 spiro atoms. The first-order valence-corrected chi connectivity index (χ1v) is 6.15. The van der Waals surface area contributed by atoms with E-state index < -0.39 is 0 Å². The average molecular weight is 238 g/mol. The van der Waals surface area contributed by atoms with Crippen LogP contribution in [-0.2, 0) is 4.79 Å². The molecule has 1 aliphatic heterocycles. The Labute approximate surface area is 96.5 Å². The summed E-state index contributed by atoms with van der Waals surface area (Å²) >= 11 is 3.04. The van der Waals surface area contributed by atoms with Gasteiger partial charge in [-0.3, -0.25) is 14.7 Å². The van der Waals surface area contributed by atoms with Crippen molar-refractivity contribution < 1.29 is 4.79 Å². The Bertz CT molecular complexity index is 434. The van der Waals surface area contributed by atoms with Crippen LogP contribution in [0.4, 0.5) is 0 Å². The molecule has 2 heterocycles. The fourth-order valence-electron chi connectivity index (χ4n) is 1.26. The first kappa shape index (κ1) is 10.4. The zero-order valence-corrected chi connectivity index (χ0v) is 10.1. The SMILES string of the molecule is CN=C1S/C(=C/c2ccsc2)C(=O)N1C. The molecule has 3 nitrogen and oxygen atoms in total. The van der Waals surface area contributed by atoms with Crippen LogP contribution in [-0.4, -0.2) is 30.1 Å². The quantitative estimate of drug-likeness (QED) is 0.703. The van der Waals surface area contributed by atoms with Gasteiger partial charge in [0.1, 0.15) is 0 Å². The van der Waals surface area contributed by atoms with E-state index in [1.54, 1.807) is 30.3 Å². The fraction of sp³-hybridized carbons (Fsp3) is 0.200. The Balaban J connectivity index is 2.30. The topological polar surface area (TPSA) is 32.7 Å². The Morgan fingerprint density at radius 2 is 2.33 bits per heavy atom. The molecule has 1 aliphatic rings. The largest absolute Gasteiger partial charge is 0.290 e. The molecule has 78 valence electrons. The first-order valence-electron chi connectivity index (χ1n) is 4.39. The molecule has 0 radical (unpaired) electrons. The number of carbonyl (C=O) groups excluding carboxylic acids is 1. The van der Waals surface area contributed by atoms with Crippen molar-refractivity contribution >= 4 is 40.2 Å². The van der Waals surface area contributed by atoms with E-state index in [1.165, 1.54) is 11.8 Å². The molecule has 0 atom stereocenters. The molecule has 0 bridgehead atoms. The minimum Gasteiger partial charge on any atom is -0.290 e. The van der Waals surface area contributed by atoms with Gasteiger partial charge in [-0.15, -0.1) is 0 Å².